The van der Waals surface area contributed by atoms with E-state index >= 15 is 0 Å². The van der Waals surface area contributed by atoms with Crippen molar-refractivity contribution in [2.45, 2.75) is 25.8 Å². The fraction of sp³-hybridized carbons (Fsp3) is 0.643. The zero-order chi connectivity index (χ0) is 14.1. The van der Waals surface area contributed by atoms with Gasteiger partial charge in [0.25, 0.3) is 0 Å². The van der Waals surface area contributed by atoms with E-state index in [4.69, 9.17) is 0 Å². The molecule has 6 heteroatoms. The highest BCUT2D eigenvalue weighted by molar-refractivity contribution is 5.85. The molecule has 108 valence electrons. The lowest BCUT2D eigenvalue weighted by atomic mass is 9.84. The topological polar surface area (TPSA) is 67.3 Å². The molecule has 20 heavy (non-hydrogen) atoms. The maximum atomic E-state index is 11.6. The van der Waals surface area contributed by atoms with Gasteiger partial charge in [0.15, 0.2) is 0 Å². The van der Waals surface area contributed by atoms with Crippen LogP contribution >= 0.6 is 0 Å². The van der Waals surface area contributed by atoms with Crippen molar-refractivity contribution >= 4 is 11.8 Å². The van der Waals surface area contributed by atoms with Crippen molar-refractivity contribution < 1.29 is 9.53 Å². The van der Waals surface area contributed by atoms with Gasteiger partial charge < -0.3 is 15.0 Å². The number of carbonyl (C=O) groups excluding carboxylic acids is 1. The molecular formula is C14H20N4O2. The molecule has 1 aromatic heterocycles. The molecule has 4 rings (SSSR count). The number of nitrogens with zero attached hydrogens (tertiary/aromatic N) is 3. The van der Waals surface area contributed by atoms with Crippen molar-refractivity contribution in [2.75, 3.05) is 32.1 Å². The summed E-state index contributed by atoms with van der Waals surface area (Å²) in [5, 5.41) is 3.47. The summed E-state index contributed by atoms with van der Waals surface area (Å²) in [4.78, 5) is 22.4. The Balaban J connectivity index is 1.77. The second-order valence-electron chi connectivity index (χ2n) is 5.60. The van der Waals surface area contributed by atoms with Gasteiger partial charge in [-0.05, 0) is 38.8 Å². The maximum absolute atomic E-state index is 11.6. The minimum atomic E-state index is -0.495. The molecule has 3 fully saturated rings. The number of aryl methyl sites for hydroxylation is 1. The molecule has 0 aliphatic carbocycles. The minimum absolute atomic E-state index is 0.122. The van der Waals surface area contributed by atoms with Crippen LogP contribution in [0.3, 0.4) is 0 Å². The molecule has 2 bridgehead atoms. The van der Waals surface area contributed by atoms with Crippen molar-refractivity contribution in [3.8, 4) is 0 Å². The number of hydrogen-bond acceptors (Lipinski definition) is 6. The van der Waals surface area contributed by atoms with Gasteiger partial charge in [-0.25, -0.2) is 14.8 Å². The Morgan fingerprint density at radius 1 is 1.40 bits per heavy atom. The highest BCUT2D eigenvalue weighted by Gasteiger charge is 2.34. The predicted octanol–water partition coefficient (Wildman–Crippen LogP) is 1.08. The predicted molar refractivity (Wildman–Crippen MR) is 74.7 cm³/mol. The van der Waals surface area contributed by atoms with E-state index in [1.165, 1.54) is 33.0 Å². The number of nitrogens with one attached hydrogen (secondary N) is 1. The third-order valence-electron chi connectivity index (χ3n) is 4.21. The van der Waals surface area contributed by atoms with Crippen molar-refractivity contribution in [1.29, 1.82) is 0 Å². The van der Waals surface area contributed by atoms with Gasteiger partial charge in [0.1, 0.15) is 5.82 Å². The Morgan fingerprint density at radius 3 is 2.75 bits per heavy atom. The minimum Gasteiger partial charge on any atom is -0.463 e. The number of ether oxygens (including phenoxy) is 1. The molecule has 0 aromatic carbocycles. The molecule has 4 heterocycles. The zero-order valence-corrected chi connectivity index (χ0v) is 11.9. The van der Waals surface area contributed by atoms with Crippen LogP contribution in [0.15, 0.2) is 6.07 Å². The lowest BCUT2D eigenvalue weighted by Gasteiger charge is -2.45. The van der Waals surface area contributed by atoms with Crippen LogP contribution in [0.2, 0.25) is 0 Å². The number of hydrogen-bond donors (Lipinski definition) is 1. The Morgan fingerprint density at radius 2 is 2.15 bits per heavy atom. The second-order valence-corrected chi connectivity index (χ2v) is 5.60. The number of aromatic nitrogens is 2. The molecule has 3 aliphatic heterocycles. The van der Waals surface area contributed by atoms with Crippen LogP contribution in [0.5, 0.6) is 0 Å². The van der Waals surface area contributed by atoms with E-state index in [0.717, 1.165) is 18.1 Å². The molecule has 6 nitrogen and oxygen atoms in total. The van der Waals surface area contributed by atoms with Crippen molar-refractivity contribution in [3.05, 3.63) is 17.6 Å². The van der Waals surface area contributed by atoms with Crippen LogP contribution in [-0.2, 0) is 4.74 Å². The third-order valence-corrected chi connectivity index (χ3v) is 4.21. The van der Waals surface area contributed by atoms with Crippen LogP contribution in [0.1, 0.15) is 29.2 Å². The Kier molecular flexibility index (Phi) is 3.56. The summed E-state index contributed by atoms with van der Waals surface area (Å²) in [6.07, 6.45) is 2.48. The first-order valence-corrected chi connectivity index (χ1v) is 7.08. The Bertz CT molecular complexity index is 512. The van der Waals surface area contributed by atoms with Gasteiger partial charge >= 0.3 is 5.97 Å². The Labute approximate surface area is 118 Å². The summed E-state index contributed by atoms with van der Waals surface area (Å²) < 4.78 is 4.69. The number of rotatable bonds is 3. The van der Waals surface area contributed by atoms with Gasteiger partial charge in [-0.1, -0.05) is 0 Å². The molecule has 1 N–H and O–H groups in total. The van der Waals surface area contributed by atoms with E-state index in [0.29, 0.717) is 12.0 Å². The van der Waals surface area contributed by atoms with Gasteiger partial charge in [-0.3, -0.25) is 0 Å². The number of fused-ring (bicyclic) bond motifs is 3. The summed E-state index contributed by atoms with van der Waals surface area (Å²) in [6.45, 7) is 5.33. The molecule has 1 unspecified atom stereocenters. The van der Waals surface area contributed by atoms with Crippen molar-refractivity contribution in [2.24, 2.45) is 5.92 Å². The average molecular weight is 276 g/mol. The molecule has 1 atom stereocenters. The van der Waals surface area contributed by atoms with Crippen LogP contribution in [0, 0.1) is 12.8 Å². The summed E-state index contributed by atoms with van der Waals surface area (Å²) >= 11 is 0. The van der Waals surface area contributed by atoms with E-state index in [2.05, 4.69) is 24.9 Å². The summed E-state index contributed by atoms with van der Waals surface area (Å²) in [7, 11) is 1.34. The zero-order valence-electron chi connectivity index (χ0n) is 11.9. The number of carbonyl (C=O) groups is 1. The average Bonchev–Trinajstić information content (AvgIpc) is 2.47. The first kappa shape index (κ1) is 13.3. The van der Waals surface area contributed by atoms with Crippen molar-refractivity contribution in [3.63, 3.8) is 0 Å². The lowest BCUT2D eigenvalue weighted by Crippen LogP contribution is -2.53. The quantitative estimate of drug-likeness (QED) is 0.833. The first-order chi connectivity index (χ1) is 9.65. The molecule has 0 radical (unpaired) electrons. The van der Waals surface area contributed by atoms with Crippen LogP contribution in [0.25, 0.3) is 0 Å². The highest BCUT2D eigenvalue weighted by atomic mass is 16.5. The van der Waals surface area contributed by atoms with Gasteiger partial charge in [0.05, 0.1) is 7.11 Å². The van der Waals surface area contributed by atoms with Gasteiger partial charge in [-0.2, -0.15) is 0 Å². The molecule has 0 spiro atoms. The van der Waals surface area contributed by atoms with Crippen molar-refractivity contribution in [1.82, 2.24) is 14.9 Å². The fourth-order valence-corrected chi connectivity index (χ4v) is 3.14. The molecular weight excluding hydrogens is 256 g/mol. The van der Waals surface area contributed by atoms with E-state index in [-0.39, 0.29) is 5.82 Å². The highest BCUT2D eigenvalue weighted by Crippen LogP contribution is 2.29. The largest absolute Gasteiger partial charge is 0.463 e. The smallest absolute Gasteiger partial charge is 0.376 e. The summed E-state index contributed by atoms with van der Waals surface area (Å²) in [5.74, 6) is 1.05. The van der Waals surface area contributed by atoms with Gasteiger partial charge in [0.2, 0.25) is 5.82 Å². The van der Waals surface area contributed by atoms with E-state index in [1.54, 1.807) is 0 Å². The lowest BCUT2D eigenvalue weighted by molar-refractivity contribution is 0.0586. The second kappa shape index (κ2) is 5.36. The van der Waals surface area contributed by atoms with Gasteiger partial charge in [0, 0.05) is 24.3 Å². The first-order valence-electron chi connectivity index (χ1n) is 7.08. The third kappa shape index (κ3) is 2.60. The van der Waals surface area contributed by atoms with E-state index in [9.17, 15) is 4.79 Å². The van der Waals surface area contributed by atoms with Crippen LogP contribution in [-0.4, -0.2) is 53.6 Å². The standard InChI is InChI=1S/C14H20N4O2/c1-9-7-12(17-13(15-9)14(19)20-2)16-11-8-18-5-3-10(11)4-6-18/h7,10-11H,3-6,8H2,1-2H3,(H,15,16,17). The van der Waals surface area contributed by atoms with Gasteiger partial charge in [-0.15, -0.1) is 0 Å². The molecule has 0 amide bonds. The monoisotopic (exact) mass is 276 g/mol. The molecule has 1 aromatic rings. The van der Waals surface area contributed by atoms with E-state index < -0.39 is 5.97 Å². The summed E-state index contributed by atoms with van der Waals surface area (Å²) in [6, 6.07) is 2.29. The van der Waals surface area contributed by atoms with Crippen LogP contribution in [0.4, 0.5) is 5.82 Å². The van der Waals surface area contributed by atoms with Crippen LogP contribution < -0.4 is 5.32 Å². The fourth-order valence-electron chi connectivity index (χ4n) is 3.14. The number of esters is 1. The molecule has 0 saturated carbocycles. The Hall–Kier alpha value is -1.69. The number of anilines is 1. The SMILES string of the molecule is COC(=O)c1nc(C)cc(NC2CN3CCC2CC3)n1. The normalized spacial score (nSPS) is 28.2. The van der Waals surface area contributed by atoms with E-state index in [1.807, 2.05) is 13.0 Å². The summed E-state index contributed by atoms with van der Waals surface area (Å²) in [5.41, 5.74) is 0.768. The maximum Gasteiger partial charge on any atom is 0.376 e. The molecule has 3 aliphatic rings. The molecule has 3 saturated heterocycles. The number of piperidine rings is 3. The number of methoxy groups -OCH3 is 1.